The lowest BCUT2D eigenvalue weighted by Gasteiger charge is -2.14. The van der Waals surface area contributed by atoms with Gasteiger partial charge in [-0.2, -0.15) is 4.68 Å². The van der Waals surface area contributed by atoms with E-state index in [4.69, 9.17) is 14.2 Å². The van der Waals surface area contributed by atoms with Crippen LogP contribution in [0, 0.1) is 6.92 Å². The molecule has 0 aliphatic heterocycles. The molecule has 1 aromatic heterocycles. The normalized spacial score (nSPS) is 11.9. The Balaban J connectivity index is 1.96. The van der Waals surface area contributed by atoms with Gasteiger partial charge >= 0.3 is 6.09 Å². The highest BCUT2D eigenvalue weighted by Crippen LogP contribution is 2.28. The molecule has 0 unspecified atom stereocenters. The number of tetrazole rings is 1. The number of ether oxygens (including phenoxy) is 3. The third-order valence-electron chi connectivity index (χ3n) is 4.48. The third-order valence-corrected chi connectivity index (χ3v) is 4.48. The van der Waals surface area contributed by atoms with Crippen LogP contribution in [0.3, 0.4) is 0 Å². The van der Waals surface area contributed by atoms with Crippen LogP contribution < -0.4 is 10.1 Å². The van der Waals surface area contributed by atoms with Crippen LogP contribution in [0.25, 0.3) is 16.8 Å². The Morgan fingerprint density at radius 1 is 1.16 bits per heavy atom. The molecule has 1 amide bonds. The number of benzene rings is 2. The van der Waals surface area contributed by atoms with Crippen LogP contribution in [-0.2, 0) is 16.1 Å². The van der Waals surface area contributed by atoms with Crippen LogP contribution in [0.15, 0.2) is 42.5 Å². The van der Waals surface area contributed by atoms with Crippen molar-refractivity contribution in [2.75, 3.05) is 20.3 Å². The molecule has 3 aromatic rings. The first-order chi connectivity index (χ1) is 15.0. The Morgan fingerprint density at radius 3 is 2.65 bits per heavy atom. The van der Waals surface area contributed by atoms with Crippen molar-refractivity contribution in [1.82, 2.24) is 25.5 Å². The minimum absolute atomic E-state index is 0.186. The predicted octanol–water partition coefficient (Wildman–Crippen LogP) is 3.30. The summed E-state index contributed by atoms with van der Waals surface area (Å²) in [6.45, 7) is 6.96. The minimum Gasteiger partial charge on any atom is -0.410 e. The molecule has 3 rings (SSSR count). The number of aromatic nitrogens is 4. The quantitative estimate of drug-likeness (QED) is 0.561. The summed E-state index contributed by atoms with van der Waals surface area (Å²) in [5.41, 5.74) is 3.65. The molecule has 0 fully saturated rings. The van der Waals surface area contributed by atoms with Crippen LogP contribution in [0.4, 0.5) is 4.79 Å². The van der Waals surface area contributed by atoms with Crippen LogP contribution in [0.1, 0.15) is 25.2 Å². The molecule has 164 valence electrons. The summed E-state index contributed by atoms with van der Waals surface area (Å²) in [4.78, 5) is 12.3. The largest absolute Gasteiger partial charge is 0.412 e. The van der Waals surface area contributed by atoms with Gasteiger partial charge < -0.3 is 19.5 Å². The lowest BCUT2D eigenvalue weighted by molar-refractivity contribution is 0.126. The molecule has 9 heteroatoms. The number of nitrogens with zero attached hydrogens (tertiary/aromatic N) is 4. The van der Waals surface area contributed by atoms with Crippen molar-refractivity contribution in [1.29, 1.82) is 0 Å². The summed E-state index contributed by atoms with van der Waals surface area (Å²) in [5.74, 6) is 0.917. The first kappa shape index (κ1) is 22.4. The number of hydrogen-bond acceptors (Lipinski definition) is 7. The first-order valence-electron chi connectivity index (χ1n) is 10.0. The second kappa shape index (κ2) is 10.6. The van der Waals surface area contributed by atoms with Crippen LogP contribution in [0.5, 0.6) is 5.75 Å². The molecular formula is C22H27N5O4. The van der Waals surface area contributed by atoms with Gasteiger partial charge in [-0.1, -0.05) is 29.8 Å². The average molecular weight is 425 g/mol. The van der Waals surface area contributed by atoms with E-state index in [9.17, 15) is 4.79 Å². The number of amides is 1. The maximum absolute atomic E-state index is 12.3. The fourth-order valence-corrected chi connectivity index (χ4v) is 3.00. The molecule has 0 aliphatic rings. The fourth-order valence-electron chi connectivity index (χ4n) is 3.00. The van der Waals surface area contributed by atoms with Crippen LogP contribution in [-0.4, -0.2) is 52.7 Å². The molecule has 31 heavy (non-hydrogen) atoms. The second-order valence-electron chi connectivity index (χ2n) is 7.12. The smallest absolute Gasteiger partial charge is 0.410 e. The van der Waals surface area contributed by atoms with E-state index >= 15 is 0 Å². The lowest BCUT2D eigenvalue weighted by Crippen LogP contribution is -2.37. The molecule has 1 heterocycles. The van der Waals surface area contributed by atoms with Gasteiger partial charge in [0.2, 0.25) is 0 Å². The number of methoxy groups -OCH3 is 1. The Kier molecular flexibility index (Phi) is 7.69. The van der Waals surface area contributed by atoms with Gasteiger partial charge in [-0.05, 0) is 54.5 Å². The molecule has 2 aromatic carbocycles. The van der Waals surface area contributed by atoms with Crippen molar-refractivity contribution in [3.05, 3.63) is 53.9 Å². The topological polar surface area (TPSA) is 100 Å². The Labute approximate surface area is 181 Å². The zero-order valence-corrected chi connectivity index (χ0v) is 18.2. The number of carbonyl (C=O) groups excluding carboxylic acids is 1. The number of carbonyl (C=O) groups is 1. The van der Waals surface area contributed by atoms with Crippen LogP contribution >= 0.6 is 0 Å². The monoisotopic (exact) mass is 425 g/mol. The Bertz CT molecular complexity index is 1000. The second-order valence-corrected chi connectivity index (χ2v) is 7.12. The van der Waals surface area contributed by atoms with Crippen LogP contribution in [0.2, 0.25) is 0 Å². The Morgan fingerprint density at radius 2 is 1.94 bits per heavy atom. The lowest BCUT2D eigenvalue weighted by atomic mass is 10.0. The standard InChI is InChI=1S/C22H27N5O4/c1-5-30-14-21-24-25-26-27(21)19-10-18(17-8-6-15(2)7-9-17)11-20(12-19)31-22(28)23-16(3)13-29-4/h6-12,16H,5,13-14H2,1-4H3,(H,23,28)/t16-/m1/s1. The molecule has 9 nitrogen and oxygen atoms in total. The van der Waals surface area contributed by atoms with Crippen molar-refractivity contribution in [3.8, 4) is 22.6 Å². The highest BCUT2D eigenvalue weighted by Gasteiger charge is 2.15. The molecule has 0 aliphatic carbocycles. The molecule has 0 bridgehead atoms. The van der Waals surface area contributed by atoms with E-state index in [-0.39, 0.29) is 12.6 Å². The van der Waals surface area contributed by atoms with Gasteiger partial charge in [0, 0.05) is 19.8 Å². The van der Waals surface area contributed by atoms with E-state index < -0.39 is 6.09 Å². The van der Waals surface area contributed by atoms with Gasteiger partial charge in [0.15, 0.2) is 5.82 Å². The van der Waals surface area contributed by atoms with Gasteiger partial charge in [-0.15, -0.1) is 5.10 Å². The average Bonchev–Trinajstić information content (AvgIpc) is 3.21. The number of hydrogen-bond donors (Lipinski definition) is 1. The molecule has 1 atom stereocenters. The molecule has 0 saturated heterocycles. The van der Waals surface area contributed by atoms with Gasteiger partial charge in [-0.25, -0.2) is 4.79 Å². The molecule has 1 N–H and O–H groups in total. The van der Waals surface area contributed by atoms with E-state index in [1.54, 1.807) is 23.9 Å². The van der Waals surface area contributed by atoms with E-state index in [0.29, 0.717) is 30.5 Å². The molecular weight excluding hydrogens is 398 g/mol. The van der Waals surface area contributed by atoms with Gasteiger partial charge in [0.1, 0.15) is 12.4 Å². The summed E-state index contributed by atoms with van der Waals surface area (Å²) in [5, 5.41) is 14.6. The van der Waals surface area contributed by atoms with Gasteiger partial charge in [0.05, 0.1) is 18.3 Å². The highest BCUT2D eigenvalue weighted by atomic mass is 16.6. The Hall–Kier alpha value is -3.30. The fraction of sp³-hybridized carbons (Fsp3) is 0.364. The van der Waals surface area contributed by atoms with E-state index in [2.05, 4.69) is 20.8 Å². The third kappa shape index (κ3) is 6.09. The number of rotatable bonds is 9. The minimum atomic E-state index is -0.567. The first-order valence-corrected chi connectivity index (χ1v) is 10.0. The van der Waals surface area contributed by atoms with Crippen molar-refractivity contribution in [3.63, 3.8) is 0 Å². The zero-order chi connectivity index (χ0) is 22.2. The maximum Gasteiger partial charge on any atom is 0.412 e. The van der Waals surface area contributed by atoms with Gasteiger partial charge in [-0.3, -0.25) is 0 Å². The van der Waals surface area contributed by atoms with Crippen molar-refractivity contribution < 1.29 is 19.0 Å². The number of nitrogens with one attached hydrogen (secondary N) is 1. The summed E-state index contributed by atoms with van der Waals surface area (Å²) in [6.07, 6.45) is -0.567. The van der Waals surface area contributed by atoms with Gasteiger partial charge in [0.25, 0.3) is 0 Å². The molecule has 0 radical (unpaired) electrons. The number of aryl methyl sites for hydroxylation is 1. The highest BCUT2D eigenvalue weighted by molar-refractivity contribution is 5.74. The summed E-state index contributed by atoms with van der Waals surface area (Å²) < 4.78 is 17.6. The SMILES string of the molecule is CCOCc1nnnn1-c1cc(OC(=O)N[C@H](C)COC)cc(-c2ccc(C)cc2)c1. The zero-order valence-electron chi connectivity index (χ0n) is 18.2. The summed E-state index contributed by atoms with van der Waals surface area (Å²) >= 11 is 0. The molecule has 0 spiro atoms. The molecule has 0 saturated carbocycles. The van der Waals surface area contributed by atoms with E-state index in [1.807, 2.05) is 51.1 Å². The van der Waals surface area contributed by atoms with E-state index in [0.717, 1.165) is 16.7 Å². The van der Waals surface area contributed by atoms with E-state index in [1.165, 1.54) is 0 Å². The van der Waals surface area contributed by atoms with Crippen molar-refractivity contribution >= 4 is 6.09 Å². The maximum atomic E-state index is 12.3. The van der Waals surface area contributed by atoms with Crippen molar-refractivity contribution in [2.24, 2.45) is 0 Å². The predicted molar refractivity (Wildman–Crippen MR) is 115 cm³/mol. The summed E-state index contributed by atoms with van der Waals surface area (Å²) in [7, 11) is 1.58. The summed E-state index contributed by atoms with van der Waals surface area (Å²) in [6, 6.07) is 13.4. The van der Waals surface area contributed by atoms with Crippen molar-refractivity contribution in [2.45, 2.75) is 33.4 Å².